The van der Waals surface area contributed by atoms with Crippen molar-refractivity contribution in [2.75, 3.05) is 0 Å². The number of nitrogens with one attached hydrogen (secondary N) is 1. The Morgan fingerprint density at radius 3 is 2.62 bits per heavy atom. The molecule has 2 heterocycles. The molecular weight excluding hydrogens is 362 g/mol. The lowest BCUT2D eigenvalue weighted by Gasteiger charge is -2.29. The van der Waals surface area contributed by atoms with E-state index in [2.05, 4.69) is 39.0 Å². The van der Waals surface area contributed by atoms with Crippen molar-refractivity contribution in [3.05, 3.63) is 90.3 Å². The minimum absolute atomic E-state index is 0.0206. The number of nitrogens with zero attached hydrogens (tertiary/aromatic N) is 4. The van der Waals surface area contributed by atoms with E-state index in [1.54, 1.807) is 24.9 Å². The molecule has 2 aromatic heterocycles. The Morgan fingerprint density at radius 1 is 1.07 bits per heavy atom. The Labute approximate surface area is 169 Å². The van der Waals surface area contributed by atoms with Crippen LogP contribution in [0.25, 0.3) is 11.0 Å². The fourth-order valence-corrected chi connectivity index (χ4v) is 3.42. The van der Waals surface area contributed by atoms with Crippen molar-refractivity contribution < 1.29 is 4.79 Å². The topological polar surface area (TPSA) is 74.8 Å². The molecule has 1 atom stereocenters. The van der Waals surface area contributed by atoms with E-state index in [1.165, 1.54) is 5.56 Å². The number of carbonyl (C=O) groups excluding carboxylic acids is 1. The monoisotopic (exact) mass is 385 g/mol. The molecule has 1 amide bonds. The third-order valence-electron chi connectivity index (χ3n) is 5.10. The SMILES string of the molecule is CC(CCc1ccccc1)N(Cc1cnc[nH]1)C(=O)c1ccc2nccnc2c1. The number of aromatic amines is 1. The maximum atomic E-state index is 13.4. The van der Waals surface area contributed by atoms with Gasteiger partial charge in [-0.2, -0.15) is 0 Å². The van der Waals surface area contributed by atoms with Crippen LogP contribution in [-0.2, 0) is 13.0 Å². The van der Waals surface area contributed by atoms with Crippen LogP contribution in [0, 0.1) is 0 Å². The van der Waals surface area contributed by atoms with Crippen LogP contribution >= 0.6 is 0 Å². The Balaban J connectivity index is 1.57. The number of carbonyl (C=O) groups is 1. The van der Waals surface area contributed by atoms with Crippen LogP contribution in [0.1, 0.15) is 35.0 Å². The number of rotatable bonds is 7. The van der Waals surface area contributed by atoms with Crippen LogP contribution in [0.5, 0.6) is 0 Å². The standard InChI is InChI=1S/C23H23N5O/c1-17(7-8-18-5-3-2-4-6-18)28(15-20-14-24-16-27-20)23(29)19-9-10-21-22(13-19)26-12-11-25-21/h2-6,9-14,16-17H,7-8,15H2,1H3,(H,24,27). The summed E-state index contributed by atoms with van der Waals surface area (Å²) in [6, 6.07) is 15.9. The summed E-state index contributed by atoms with van der Waals surface area (Å²) in [6.45, 7) is 2.57. The van der Waals surface area contributed by atoms with E-state index in [0.29, 0.717) is 12.1 Å². The second kappa shape index (κ2) is 8.65. The largest absolute Gasteiger partial charge is 0.347 e. The van der Waals surface area contributed by atoms with Gasteiger partial charge in [-0.1, -0.05) is 30.3 Å². The van der Waals surface area contributed by atoms with E-state index in [9.17, 15) is 4.79 Å². The Kier molecular flexibility index (Phi) is 5.61. The lowest BCUT2D eigenvalue weighted by Crippen LogP contribution is -2.38. The van der Waals surface area contributed by atoms with Gasteiger partial charge in [-0.15, -0.1) is 0 Å². The normalized spacial score (nSPS) is 12.0. The van der Waals surface area contributed by atoms with Crippen molar-refractivity contribution in [1.29, 1.82) is 0 Å². The van der Waals surface area contributed by atoms with Crippen LogP contribution in [0.15, 0.2) is 73.4 Å². The Bertz CT molecular complexity index is 1080. The minimum Gasteiger partial charge on any atom is -0.347 e. The van der Waals surface area contributed by atoms with Gasteiger partial charge in [0.25, 0.3) is 5.91 Å². The molecular formula is C23H23N5O. The molecule has 0 fully saturated rings. The minimum atomic E-state index is -0.0206. The molecule has 0 aliphatic carbocycles. The summed E-state index contributed by atoms with van der Waals surface area (Å²) in [4.78, 5) is 31.1. The zero-order valence-corrected chi connectivity index (χ0v) is 16.3. The first-order chi connectivity index (χ1) is 14.2. The third kappa shape index (κ3) is 4.48. The quantitative estimate of drug-likeness (QED) is 0.521. The van der Waals surface area contributed by atoms with Crippen LogP contribution in [0.2, 0.25) is 0 Å². The maximum Gasteiger partial charge on any atom is 0.254 e. The highest BCUT2D eigenvalue weighted by atomic mass is 16.2. The van der Waals surface area contributed by atoms with E-state index in [0.717, 1.165) is 29.6 Å². The first-order valence-corrected chi connectivity index (χ1v) is 9.73. The highest BCUT2D eigenvalue weighted by Gasteiger charge is 2.23. The zero-order chi connectivity index (χ0) is 20.1. The number of benzene rings is 2. The molecule has 29 heavy (non-hydrogen) atoms. The molecule has 0 radical (unpaired) electrons. The van der Waals surface area contributed by atoms with Crippen LogP contribution in [0.4, 0.5) is 0 Å². The summed E-state index contributed by atoms with van der Waals surface area (Å²) in [7, 11) is 0. The van der Waals surface area contributed by atoms with Crippen LogP contribution in [-0.4, -0.2) is 36.8 Å². The number of imidazole rings is 1. The average Bonchev–Trinajstić information content (AvgIpc) is 3.29. The summed E-state index contributed by atoms with van der Waals surface area (Å²) < 4.78 is 0. The number of hydrogen-bond acceptors (Lipinski definition) is 4. The van der Waals surface area contributed by atoms with E-state index in [1.807, 2.05) is 41.3 Å². The molecule has 4 aromatic rings. The molecule has 0 saturated carbocycles. The molecule has 2 aromatic carbocycles. The van der Waals surface area contributed by atoms with Crippen molar-refractivity contribution in [3.8, 4) is 0 Å². The van der Waals surface area contributed by atoms with Crippen molar-refractivity contribution in [3.63, 3.8) is 0 Å². The fraction of sp³-hybridized carbons (Fsp3) is 0.217. The van der Waals surface area contributed by atoms with E-state index < -0.39 is 0 Å². The van der Waals surface area contributed by atoms with E-state index >= 15 is 0 Å². The van der Waals surface area contributed by atoms with Gasteiger partial charge in [0.05, 0.1) is 29.6 Å². The number of hydrogen-bond donors (Lipinski definition) is 1. The van der Waals surface area contributed by atoms with Gasteiger partial charge in [0.2, 0.25) is 0 Å². The second-order valence-electron chi connectivity index (χ2n) is 7.14. The van der Waals surface area contributed by atoms with Gasteiger partial charge in [0, 0.05) is 30.2 Å². The van der Waals surface area contributed by atoms with Crippen molar-refractivity contribution >= 4 is 16.9 Å². The summed E-state index contributed by atoms with van der Waals surface area (Å²) in [6.07, 6.45) is 8.48. The highest BCUT2D eigenvalue weighted by Crippen LogP contribution is 2.19. The summed E-state index contributed by atoms with van der Waals surface area (Å²) >= 11 is 0. The number of H-pyrrole nitrogens is 1. The first-order valence-electron chi connectivity index (χ1n) is 9.73. The Morgan fingerprint density at radius 2 is 1.86 bits per heavy atom. The Hall–Kier alpha value is -3.54. The molecule has 1 N–H and O–H groups in total. The molecule has 0 bridgehead atoms. The van der Waals surface area contributed by atoms with Crippen LogP contribution < -0.4 is 0 Å². The van der Waals surface area contributed by atoms with Crippen LogP contribution in [0.3, 0.4) is 0 Å². The molecule has 146 valence electrons. The molecule has 6 nitrogen and oxygen atoms in total. The summed E-state index contributed by atoms with van der Waals surface area (Å²) in [5.74, 6) is -0.0206. The first kappa shape index (κ1) is 18.8. The molecule has 1 unspecified atom stereocenters. The van der Waals surface area contributed by atoms with Gasteiger partial charge in [-0.3, -0.25) is 14.8 Å². The van der Waals surface area contributed by atoms with Gasteiger partial charge >= 0.3 is 0 Å². The molecule has 6 heteroatoms. The molecule has 4 rings (SSSR count). The molecule has 0 aliphatic heterocycles. The smallest absolute Gasteiger partial charge is 0.254 e. The molecule has 0 aliphatic rings. The molecule has 0 spiro atoms. The second-order valence-corrected chi connectivity index (χ2v) is 7.14. The van der Waals surface area contributed by atoms with Crippen molar-refractivity contribution in [2.24, 2.45) is 0 Å². The van der Waals surface area contributed by atoms with Gasteiger partial charge in [-0.25, -0.2) is 4.98 Å². The number of aryl methyl sites for hydroxylation is 1. The lowest BCUT2D eigenvalue weighted by atomic mass is 10.0. The number of fused-ring (bicyclic) bond motifs is 1. The fourth-order valence-electron chi connectivity index (χ4n) is 3.42. The predicted molar refractivity (Wildman–Crippen MR) is 112 cm³/mol. The summed E-state index contributed by atoms with van der Waals surface area (Å²) in [5.41, 5.74) is 4.29. The van der Waals surface area contributed by atoms with Crippen molar-refractivity contribution in [1.82, 2.24) is 24.8 Å². The average molecular weight is 385 g/mol. The van der Waals surface area contributed by atoms with Gasteiger partial charge in [-0.05, 0) is 43.5 Å². The van der Waals surface area contributed by atoms with Gasteiger partial charge < -0.3 is 9.88 Å². The number of aromatic nitrogens is 4. The highest BCUT2D eigenvalue weighted by molar-refractivity contribution is 5.97. The van der Waals surface area contributed by atoms with Gasteiger partial charge in [0.1, 0.15) is 0 Å². The lowest BCUT2D eigenvalue weighted by molar-refractivity contribution is 0.0665. The number of amides is 1. The van der Waals surface area contributed by atoms with Gasteiger partial charge in [0.15, 0.2) is 0 Å². The van der Waals surface area contributed by atoms with E-state index in [-0.39, 0.29) is 11.9 Å². The van der Waals surface area contributed by atoms with E-state index in [4.69, 9.17) is 0 Å². The molecule has 0 saturated heterocycles. The van der Waals surface area contributed by atoms with Crippen molar-refractivity contribution in [2.45, 2.75) is 32.4 Å². The summed E-state index contributed by atoms with van der Waals surface area (Å²) in [5, 5.41) is 0. The maximum absolute atomic E-state index is 13.4. The zero-order valence-electron chi connectivity index (χ0n) is 16.3. The predicted octanol–water partition coefficient (Wildman–Crippen LogP) is 4.02. The third-order valence-corrected chi connectivity index (χ3v) is 5.10.